The van der Waals surface area contributed by atoms with Gasteiger partial charge in [-0.2, -0.15) is 0 Å². The monoisotopic (exact) mass is 227 g/mol. The molecule has 1 aromatic rings. The van der Waals surface area contributed by atoms with Crippen LogP contribution >= 0.6 is 0 Å². The molecule has 3 N–H and O–H groups in total. The lowest BCUT2D eigenvalue weighted by Gasteiger charge is -2.23. The molecule has 1 aromatic heterocycles. The van der Waals surface area contributed by atoms with Crippen LogP contribution in [0.4, 0.5) is 5.88 Å². The Morgan fingerprint density at radius 2 is 2.25 bits per heavy atom. The van der Waals surface area contributed by atoms with Crippen LogP contribution in [-0.4, -0.2) is 22.9 Å². The van der Waals surface area contributed by atoms with Crippen molar-refractivity contribution in [1.29, 1.82) is 0 Å². The van der Waals surface area contributed by atoms with Crippen molar-refractivity contribution in [3.8, 4) is 0 Å². The molecule has 1 amide bonds. The Bertz CT molecular complexity index is 411. The number of amides is 1. The van der Waals surface area contributed by atoms with Crippen molar-refractivity contribution in [2.45, 2.75) is 19.4 Å². The van der Waals surface area contributed by atoms with Crippen LogP contribution in [0.3, 0.4) is 0 Å². The van der Waals surface area contributed by atoms with E-state index < -0.39 is 22.3 Å². The second-order valence-corrected chi connectivity index (χ2v) is 3.94. The van der Waals surface area contributed by atoms with Gasteiger partial charge in [0.25, 0.3) is 5.91 Å². The molecule has 1 rings (SSSR count). The summed E-state index contributed by atoms with van der Waals surface area (Å²) >= 11 is 0. The number of hydrogen-bond donors (Lipinski definition) is 2. The topological polar surface area (TPSA) is 111 Å². The van der Waals surface area contributed by atoms with E-state index in [9.17, 15) is 14.9 Å². The first-order valence-corrected chi connectivity index (χ1v) is 4.62. The summed E-state index contributed by atoms with van der Waals surface area (Å²) in [6, 6.07) is 2.38. The Kier molecular flexibility index (Phi) is 3.28. The SMILES string of the molecule is CC(C)(CN)NC(=O)c1ccc([N+](=O)[O-])o1. The Morgan fingerprint density at radius 1 is 1.62 bits per heavy atom. The highest BCUT2D eigenvalue weighted by atomic mass is 16.6. The van der Waals surface area contributed by atoms with Gasteiger partial charge in [0, 0.05) is 12.1 Å². The molecule has 7 heteroatoms. The van der Waals surface area contributed by atoms with E-state index in [1.165, 1.54) is 6.07 Å². The van der Waals surface area contributed by atoms with E-state index in [0.29, 0.717) is 0 Å². The summed E-state index contributed by atoms with van der Waals surface area (Å²) in [7, 11) is 0. The molecule has 0 bridgehead atoms. The molecule has 1 heterocycles. The van der Waals surface area contributed by atoms with E-state index in [4.69, 9.17) is 10.2 Å². The first-order chi connectivity index (χ1) is 7.35. The van der Waals surface area contributed by atoms with Gasteiger partial charge >= 0.3 is 5.88 Å². The average molecular weight is 227 g/mol. The van der Waals surface area contributed by atoms with Crippen LogP contribution in [0.2, 0.25) is 0 Å². The molecule has 0 spiro atoms. The highest BCUT2D eigenvalue weighted by Gasteiger charge is 2.23. The third kappa shape index (κ3) is 2.80. The van der Waals surface area contributed by atoms with Crippen LogP contribution in [0.25, 0.3) is 0 Å². The highest BCUT2D eigenvalue weighted by molar-refractivity contribution is 5.92. The summed E-state index contributed by atoms with van der Waals surface area (Å²) in [6.45, 7) is 3.73. The van der Waals surface area contributed by atoms with Gasteiger partial charge in [-0.15, -0.1) is 0 Å². The quantitative estimate of drug-likeness (QED) is 0.579. The van der Waals surface area contributed by atoms with Crippen molar-refractivity contribution in [3.05, 3.63) is 28.0 Å². The summed E-state index contributed by atoms with van der Waals surface area (Å²) in [5.41, 5.74) is 4.85. The van der Waals surface area contributed by atoms with E-state index in [0.717, 1.165) is 6.07 Å². The van der Waals surface area contributed by atoms with Crippen LogP contribution in [0.5, 0.6) is 0 Å². The standard InChI is InChI=1S/C9H13N3O4/c1-9(2,5-10)11-8(13)6-3-4-7(16-6)12(14)15/h3-4H,5,10H2,1-2H3,(H,11,13). The Labute approximate surface area is 91.8 Å². The second-order valence-electron chi connectivity index (χ2n) is 3.94. The number of nitrogens with one attached hydrogen (secondary N) is 1. The van der Waals surface area contributed by atoms with Crippen LogP contribution in [0, 0.1) is 10.1 Å². The zero-order valence-electron chi connectivity index (χ0n) is 9.02. The Balaban J connectivity index is 2.77. The molecule has 0 fully saturated rings. The lowest BCUT2D eigenvalue weighted by molar-refractivity contribution is -0.402. The van der Waals surface area contributed by atoms with Gasteiger partial charge in [0.2, 0.25) is 0 Å². The Morgan fingerprint density at radius 3 is 2.69 bits per heavy atom. The summed E-state index contributed by atoms with van der Waals surface area (Å²) < 4.78 is 4.75. The van der Waals surface area contributed by atoms with E-state index >= 15 is 0 Å². The predicted molar refractivity (Wildman–Crippen MR) is 56.0 cm³/mol. The third-order valence-electron chi connectivity index (χ3n) is 1.96. The molecule has 0 aliphatic heterocycles. The molecule has 0 saturated heterocycles. The van der Waals surface area contributed by atoms with Gasteiger partial charge in [-0.25, -0.2) is 0 Å². The van der Waals surface area contributed by atoms with Crippen LogP contribution in [0.1, 0.15) is 24.4 Å². The maximum absolute atomic E-state index is 11.6. The number of carbonyl (C=O) groups excluding carboxylic acids is 1. The smallest absolute Gasteiger partial charge is 0.395 e. The molecule has 0 aliphatic carbocycles. The normalized spacial score (nSPS) is 11.2. The highest BCUT2D eigenvalue weighted by Crippen LogP contribution is 2.16. The Hall–Kier alpha value is -1.89. The molecular weight excluding hydrogens is 214 g/mol. The average Bonchev–Trinajstić information content (AvgIpc) is 2.66. The van der Waals surface area contributed by atoms with Crippen molar-refractivity contribution < 1.29 is 14.1 Å². The molecule has 88 valence electrons. The lowest BCUT2D eigenvalue weighted by atomic mass is 10.1. The first-order valence-electron chi connectivity index (χ1n) is 4.62. The van der Waals surface area contributed by atoms with E-state index in [1.54, 1.807) is 13.8 Å². The number of carbonyl (C=O) groups is 1. The molecule has 0 unspecified atom stereocenters. The molecule has 0 saturated carbocycles. The summed E-state index contributed by atoms with van der Waals surface area (Å²) in [4.78, 5) is 21.2. The van der Waals surface area contributed by atoms with E-state index in [-0.39, 0.29) is 12.3 Å². The van der Waals surface area contributed by atoms with Gasteiger partial charge in [0.15, 0.2) is 5.76 Å². The van der Waals surface area contributed by atoms with Gasteiger partial charge in [0.1, 0.15) is 4.92 Å². The molecule has 0 atom stereocenters. The maximum atomic E-state index is 11.6. The molecular formula is C9H13N3O4. The minimum absolute atomic E-state index is 0.103. The van der Waals surface area contributed by atoms with Crippen molar-refractivity contribution in [2.24, 2.45) is 5.73 Å². The van der Waals surface area contributed by atoms with Crippen molar-refractivity contribution in [3.63, 3.8) is 0 Å². The molecule has 0 aliphatic rings. The third-order valence-corrected chi connectivity index (χ3v) is 1.96. The van der Waals surface area contributed by atoms with Crippen LogP contribution < -0.4 is 11.1 Å². The largest absolute Gasteiger partial charge is 0.433 e. The van der Waals surface area contributed by atoms with Crippen LogP contribution in [-0.2, 0) is 0 Å². The number of nitrogens with two attached hydrogens (primary N) is 1. The van der Waals surface area contributed by atoms with Crippen LogP contribution in [0.15, 0.2) is 16.5 Å². The second kappa shape index (κ2) is 4.31. The molecule has 0 aromatic carbocycles. The van der Waals surface area contributed by atoms with Crippen molar-refractivity contribution in [2.75, 3.05) is 6.54 Å². The van der Waals surface area contributed by atoms with Gasteiger partial charge in [-0.3, -0.25) is 14.9 Å². The lowest BCUT2D eigenvalue weighted by Crippen LogP contribution is -2.48. The minimum atomic E-state index is -0.704. The van der Waals surface area contributed by atoms with Gasteiger partial charge < -0.3 is 15.5 Å². The molecule has 16 heavy (non-hydrogen) atoms. The zero-order valence-corrected chi connectivity index (χ0v) is 9.02. The number of furan rings is 1. The van der Waals surface area contributed by atoms with E-state index in [2.05, 4.69) is 5.32 Å². The fraction of sp³-hybridized carbons (Fsp3) is 0.444. The molecule has 0 radical (unpaired) electrons. The summed E-state index contributed by atoms with van der Waals surface area (Å²) in [6.07, 6.45) is 0. The van der Waals surface area contributed by atoms with E-state index in [1.807, 2.05) is 0 Å². The fourth-order valence-electron chi connectivity index (χ4n) is 0.968. The number of nitrogens with zero attached hydrogens (tertiary/aromatic N) is 1. The van der Waals surface area contributed by atoms with Gasteiger partial charge in [0.05, 0.1) is 6.07 Å². The number of nitro groups is 1. The summed E-state index contributed by atoms with van der Waals surface area (Å²) in [5.74, 6) is -1.09. The number of rotatable bonds is 4. The number of hydrogen-bond acceptors (Lipinski definition) is 5. The summed E-state index contributed by atoms with van der Waals surface area (Å²) in [5, 5.41) is 12.9. The molecule has 7 nitrogen and oxygen atoms in total. The minimum Gasteiger partial charge on any atom is -0.395 e. The van der Waals surface area contributed by atoms with Gasteiger partial charge in [-0.05, 0) is 19.9 Å². The zero-order chi connectivity index (χ0) is 12.3. The fourth-order valence-corrected chi connectivity index (χ4v) is 0.968. The maximum Gasteiger partial charge on any atom is 0.433 e. The van der Waals surface area contributed by atoms with Gasteiger partial charge in [-0.1, -0.05) is 0 Å². The van der Waals surface area contributed by atoms with Crippen molar-refractivity contribution in [1.82, 2.24) is 5.32 Å². The van der Waals surface area contributed by atoms with Crippen molar-refractivity contribution >= 4 is 11.8 Å². The predicted octanol–water partition coefficient (Wildman–Crippen LogP) is 0.655. The first kappa shape index (κ1) is 12.2.